The number of hydrogen-bond acceptors (Lipinski definition) is 2. The number of nitrogens with one attached hydrogen (secondary N) is 1. The Balaban J connectivity index is 1.92. The smallest absolute Gasteiger partial charge is 0.0572 e. The molecule has 1 aromatic carbocycles. The highest BCUT2D eigenvalue weighted by Crippen LogP contribution is 2.27. The molecule has 0 saturated carbocycles. The van der Waals surface area contributed by atoms with Gasteiger partial charge in [-0.3, -0.25) is 4.98 Å². The third-order valence-corrected chi connectivity index (χ3v) is 3.28. The van der Waals surface area contributed by atoms with Crippen molar-refractivity contribution in [2.45, 2.75) is 19.4 Å². The van der Waals surface area contributed by atoms with Crippen molar-refractivity contribution in [3.05, 3.63) is 71.2 Å². The predicted octanol–water partition coefficient (Wildman–Crippen LogP) is 3.33. The monoisotopic (exact) mass is 236 g/mol. The molecule has 0 bridgehead atoms. The summed E-state index contributed by atoms with van der Waals surface area (Å²) in [6, 6.07) is 15.0. The van der Waals surface area contributed by atoms with Crippen molar-refractivity contribution in [2.75, 3.05) is 0 Å². The van der Waals surface area contributed by atoms with Crippen molar-refractivity contribution in [1.29, 1.82) is 0 Å². The quantitative estimate of drug-likeness (QED) is 0.865. The molecule has 90 valence electrons. The van der Waals surface area contributed by atoms with Crippen molar-refractivity contribution >= 4 is 6.08 Å². The van der Waals surface area contributed by atoms with Gasteiger partial charge in [0.25, 0.3) is 0 Å². The van der Waals surface area contributed by atoms with Gasteiger partial charge in [-0.15, -0.1) is 0 Å². The molecule has 18 heavy (non-hydrogen) atoms. The van der Waals surface area contributed by atoms with E-state index < -0.39 is 0 Å². The molecule has 1 N–H and O–H groups in total. The zero-order chi connectivity index (χ0) is 12.4. The first-order chi connectivity index (χ1) is 8.83. The molecular weight excluding hydrogens is 220 g/mol. The highest BCUT2D eigenvalue weighted by molar-refractivity contribution is 5.59. The molecule has 0 aliphatic carbocycles. The Morgan fingerprint density at radius 1 is 1.11 bits per heavy atom. The summed E-state index contributed by atoms with van der Waals surface area (Å²) in [6.45, 7) is 2.11. The maximum atomic E-state index is 4.41. The van der Waals surface area contributed by atoms with Gasteiger partial charge >= 0.3 is 0 Å². The van der Waals surface area contributed by atoms with E-state index in [9.17, 15) is 0 Å². The molecular formula is C16H16N2. The highest BCUT2D eigenvalue weighted by Gasteiger charge is 2.18. The van der Waals surface area contributed by atoms with Gasteiger partial charge in [-0.1, -0.05) is 30.3 Å². The van der Waals surface area contributed by atoms with Gasteiger partial charge in [0, 0.05) is 24.0 Å². The van der Waals surface area contributed by atoms with E-state index in [4.69, 9.17) is 0 Å². The third-order valence-electron chi connectivity index (χ3n) is 3.28. The van der Waals surface area contributed by atoms with Crippen LogP contribution in [0.25, 0.3) is 6.08 Å². The van der Waals surface area contributed by atoms with E-state index >= 15 is 0 Å². The average molecular weight is 236 g/mol. The number of fused-ring (bicyclic) bond motifs is 1. The lowest BCUT2D eigenvalue weighted by molar-refractivity contribution is 0.581. The molecule has 0 unspecified atom stereocenters. The summed E-state index contributed by atoms with van der Waals surface area (Å²) in [5.74, 6) is 0. The van der Waals surface area contributed by atoms with Crippen LogP contribution < -0.4 is 5.32 Å². The molecule has 1 aromatic heterocycles. The summed E-state index contributed by atoms with van der Waals surface area (Å²) in [5, 5.41) is 3.54. The first-order valence-corrected chi connectivity index (χ1v) is 6.26. The van der Waals surface area contributed by atoms with Gasteiger partial charge in [0.05, 0.1) is 6.04 Å². The lowest BCUT2D eigenvalue weighted by Gasteiger charge is -2.26. The van der Waals surface area contributed by atoms with Crippen LogP contribution in [0.4, 0.5) is 0 Å². The first kappa shape index (κ1) is 11.0. The number of pyridine rings is 1. The van der Waals surface area contributed by atoms with Crippen molar-refractivity contribution < 1.29 is 0 Å². The minimum Gasteiger partial charge on any atom is -0.381 e. The van der Waals surface area contributed by atoms with E-state index in [1.54, 1.807) is 0 Å². The molecule has 0 amide bonds. The van der Waals surface area contributed by atoms with Gasteiger partial charge in [-0.2, -0.15) is 0 Å². The Labute approximate surface area is 107 Å². The van der Waals surface area contributed by atoms with Gasteiger partial charge in [0.1, 0.15) is 0 Å². The second-order valence-corrected chi connectivity index (χ2v) is 4.68. The molecule has 1 aliphatic heterocycles. The SMILES string of the molecule is CC1=Cc2ccccc2[C@H](Cc2ccccn2)N1. The van der Waals surface area contributed by atoms with E-state index in [-0.39, 0.29) is 0 Å². The summed E-state index contributed by atoms with van der Waals surface area (Å²) < 4.78 is 0. The van der Waals surface area contributed by atoms with Crippen molar-refractivity contribution in [3.8, 4) is 0 Å². The normalized spacial score (nSPS) is 17.6. The molecule has 2 heteroatoms. The molecule has 3 rings (SSSR count). The predicted molar refractivity (Wildman–Crippen MR) is 73.9 cm³/mol. The number of allylic oxidation sites excluding steroid dienone is 1. The Bertz CT molecular complexity index is 573. The van der Waals surface area contributed by atoms with Gasteiger partial charge < -0.3 is 5.32 Å². The Morgan fingerprint density at radius 3 is 2.78 bits per heavy atom. The number of hydrogen-bond donors (Lipinski definition) is 1. The Kier molecular flexibility index (Phi) is 2.85. The number of benzene rings is 1. The maximum Gasteiger partial charge on any atom is 0.0572 e. The molecule has 2 nitrogen and oxygen atoms in total. The van der Waals surface area contributed by atoms with Crippen LogP contribution in [-0.4, -0.2) is 4.98 Å². The minimum atomic E-state index is 0.320. The lowest BCUT2D eigenvalue weighted by atomic mass is 9.93. The standard InChI is InChI=1S/C16H16N2/c1-12-10-13-6-2-3-8-15(13)16(18-12)11-14-7-4-5-9-17-14/h2-10,16,18H,11H2,1H3/t16-/m0/s1. The lowest BCUT2D eigenvalue weighted by Crippen LogP contribution is -2.25. The topological polar surface area (TPSA) is 24.9 Å². The summed E-state index contributed by atoms with van der Waals surface area (Å²) in [4.78, 5) is 4.41. The van der Waals surface area contributed by atoms with E-state index in [2.05, 4.69) is 53.6 Å². The fourth-order valence-corrected chi connectivity index (χ4v) is 2.48. The zero-order valence-corrected chi connectivity index (χ0v) is 10.4. The van der Waals surface area contributed by atoms with E-state index in [0.717, 1.165) is 12.1 Å². The highest BCUT2D eigenvalue weighted by atomic mass is 14.9. The van der Waals surface area contributed by atoms with E-state index in [0.29, 0.717) is 6.04 Å². The van der Waals surface area contributed by atoms with E-state index in [1.807, 2.05) is 18.3 Å². The Hall–Kier alpha value is -2.09. The van der Waals surface area contributed by atoms with Gasteiger partial charge in [0.15, 0.2) is 0 Å². The fraction of sp³-hybridized carbons (Fsp3) is 0.188. The fourth-order valence-electron chi connectivity index (χ4n) is 2.48. The molecule has 0 spiro atoms. The van der Waals surface area contributed by atoms with Crippen molar-refractivity contribution in [1.82, 2.24) is 10.3 Å². The van der Waals surface area contributed by atoms with Crippen molar-refractivity contribution in [2.24, 2.45) is 0 Å². The Morgan fingerprint density at radius 2 is 1.94 bits per heavy atom. The largest absolute Gasteiger partial charge is 0.381 e. The number of rotatable bonds is 2. The van der Waals surface area contributed by atoms with Crippen LogP contribution in [0, 0.1) is 0 Å². The summed E-state index contributed by atoms with van der Waals surface area (Å²) in [5.41, 5.74) is 5.01. The molecule has 2 aromatic rings. The second-order valence-electron chi connectivity index (χ2n) is 4.68. The van der Waals surface area contributed by atoms with E-state index in [1.165, 1.54) is 16.8 Å². The van der Waals surface area contributed by atoms with Crippen LogP contribution >= 0.6 is 0 Å². The third kappa shape index (κ3) is 2.14. The maximum absolute atomic E-state index is 4.41. The van der Waals surface area contributed by atoms with Crippen LogP contribution in [0.5, 0.6) is 0 Å². The molecule has 0 saturated heterocycles. The summed E-state index contributed by atoms with van der Waals surface area (Å²) in [6.07, 6.45) is 4.97. The van der Waals surface area contributed by atoms with Crippen LogP contribution in [0.15, 0.2) is 54.4 Å². The second kappa shape index (κ2) is 4.65. The first-order valence-electron chi connectivity index (χ1n) is 6.26. The molecule has 1 aliphatic rings. The number of nitrogens with zero attached hydrogens (tertiary/aromatic N) is 1. The average Bonchev–Trinajstić information content (AvgIpc) is 2.40. The summed E-state index contributed by atoms with van der Waals surface area (Å²) in [7, 11) is 0. The molecule has 2 heterocycles. The van der Waals surface area contributed by atoms with Crippen LogP contribution in [0.1, 0.15) is 29.8 Å². The number of aromatic nitrogens is 1. The van der Waals surface area contributed by atoms with Crippen LogP contribution in [0.2, 0.25) is 0 Å². The molecule has 0 radical (unpaired) electrons. The van der Waals surface area contributed by atoms with Crippen LogP contribution in [0.3, 0.4) is 0 Å². The van der Waals surface area contributed by atoms with Crippen LogP contribution in [-0.2, 0) is 6.42 Å². The zero-order valence-electron chi connectivity index (χ0n) is 10.4. The summed E-state index contributed by atoms with van der Waals surface area (Å²) >= 11 is 0. The molecule has 0 fully saturated rings. The van der Waals surface area contributed by atoms with Crippen molar-refractivity contribution in [3.63, 3.8) is 0 Å². The van der Waals surface area contributed by atoms with Gasteiger partial charge in [-0.05, 0) is 36.3 Å². The minimum absolute atomic E-state index is 0.320. The van der Waals surface area contributed by atoms with Gasteiger partial charge in [-0.25, -0.2) is 0 Å². The molecule has 1 atom stereocenters. The van der Waals surface area contributed by atoms with Gasteiger partial charge in [0.2, 0.25) is 0 Å².